The minimum atomic E-state index is -0.485. The van der Waals surface area contributed by atoms with E-state index in [4.69, 9.17) is 15.2 Å². The number of ether oxygens (including phenoxy) is 2. The topological polar surface area (TPSA) is 64.7 Å². The maximum absolute atomic E-state index is 9.23. The standard InChI is InChI=1S/C15H25NO3/c1-4-15(16,11-17)8-5-9-19-13-7-6-12(2)10-14(13)18-3/h6-7,10,17H,4-5,8-9,11,16H2,1-3H3. The van der Waals surface area contributed by atoms with E-state index in [2.05, 4.69) is 0 Å². The highest BCUT2D eigenvalue weighted by atomic mass is 16.5. The maximum Gasteiger partial charge on any atom is 0.161 e. The Labute approximate surface area is 115 Å². The van der Waals surface area contributed by atoms with Crippen LogP contribution in [0.15, 0.2) is 18.2 Å². The molecule has 0 bridgehead atoms. The van der Waals surface area contributed by atoms with Crippen molar-refractivity contribution in [1.29, 1.82) is 0 Å². The van der Waals surface area contributed by atoms with Crippen molar-refractivity contribution in [3.05, 3.63) is 23.8 Å². The highest BCUT2D eigenvalue weighted by molar-refractivity contribution is 5.42. The van der Waals surface area contributed by atoms with E-state index in [9.17, 15) is 5.11 Å². The first-order valence-electron chi connectivity index (χ1n) is 6.72. The zero-order chi connectivity index (χ0) is 14.3. The molecule has 1 unspecified atom stereocenters. The Morgan fingerprint density at radius 1 is 1.32 bits per heavy atom. The normalized spacial score (nSPS) is 13.9. The van der Waals surface area contributed by atoms with Gasteiger partial charge in [-0.15, -0.1) is 0 Å². The monoisotopic (exact) mass is 267 g/mol. The van der Waals surface area contributed by atoms with Crippen molar-refractivity contribution < 1.29 is 14.6 Å². The van der Waals surface area contributed by atoms with Gasteiger partial charge in [0.15, 0.2) is 11.5 Å². The van der Waals surface area contributed by atoms with Crippen LogP contribution in [0, 0.1) is 6.92 Å². The lowest BCUT2D eigenvalue weighted by Gasteiger charge is -2.25. The van der Waals surface area contributed by atoms with E-state index < -0.39 is 5.54 Å². The third kappa shape index (κ3) is 4.73. The largest absolute Gasteiger partial charge is 0.493 e. The van der Waals surface area contributed by atoms with Gasteiger partial charge in [-0.25, -0.2) is 0 Å². The molecule has 19 heavy (non-hydrogen) atoms. The summed E-state index contributed by atoms with van der Waals surface area (Å²) >= 11 is 0. The van der Waals surface area contributed by atoms with Crippen LogP contribution in [-0.4, -0.2) is 31.0 Å². The third-order valence-electron chi connectivity index (χ3n) is 3.41. The molecule has 0 aliphatic rings. The number of hydrogen-bond acceptors (Lipinski definition) is 4. The van der Waals surface area contributed by atoms with Gasteiger partial charge in [0.1, 0.15) is 0 Å². The van der Waals surface area contributed by atoms with Crippen molar-refractivity contribution in [2.75, 3.05) is 20.3 Å². The Hall–Kier alpha value is -1.26. The fraction of sp³-hybridized carbons (Fsp3) is 0.600. The lowest BCUT2D eigenvalue weighted by Crippen LogP contribution is -2.43. The zero-order valence-electron chi connectivity index (χ0n) is 12.1. The van der Waals surface area contributed by atoms with Gasteiger partial charge in [-0.2, -0.15) is 0 Å². The number of methoxy groups -OCH3 is 1. The van der Waals surface area contributed by atoms with Gasteiger partial charge in [0.05, 0.1) is 20.3 Å². The van der Waals surface area contributed by atoms with E-state index in [0.29, 0.717) is 6.61 Å². The predicted molar refractivity (Wildman–Crippen MR) is 76.8 cm³/mol. The molecule has 0 amide bonds. The summed E-state index contributed by atoms with van der Waals surface area (Å²) in [6.45, 7) is 4.58. The highest BCUT2D eigenvalue weighted by Crippen LogP contribution is 2.28. The first-order valence-corrected chi connectivity index (χ1v) is 6.72. The van der Waals surface area contributed by atoms with E-state index in [1.165, 1.54) is 0 Å². The number of hydrogen-bond donors (Lipinski definition) is 2. The molecule has 0 saturated heterocycles. The molecule has 108 valence electrons. The fourth-order valence-electron chi connectivity index (χ4n) is 1.87. The first kappa shape index (κ1) is 15.8. The minimum Gasteiger partial charge on any atom is -0.493 e. The zero-order valence-corrected chi connectivity index (χ0v) is 12.1. The molecule has 0 heterocycles. The summed E-state index contributed by atoms with van der Waals surface area (Å²) in [5.41, 5.74) is 6.67. The van der Waals surface area contributed by atoms with E-state index in [1.807, 2.05) is 32.0 Å². The summed E-state index contributed by atoms with van der Waals surface area (Å²) in [7, 11) is 1.63. The Kier molecular flexibility index (Phi) is 6.12. The number of aliphatic hydroxyl groups is 1. The number of rotatable bonds is 8. The van der Waals surface area contributed by atoms with Crippen LogP contribution < -0.4 is 15.2 Å². The molecule has 4 heteroatoms. The quantitative estimate of drug-likeness (QED) is 0.709. The van der Waals surface area contributed by atoms with Crippen LogP contribution in [-0.2, 0) is 0 Å². The molecule has 1 aromatic rings. The van der Waals surface area contributed by atoms with Gasteiger partial charge < -0.3 is 20.3 Å². The molecule has 1 aromatic carbocycles. The summed E-state index contributed by atoms with van der Waals surface area (Å²) in [5.74, 6) is 1.49. The second-order valence-corrected chi connectivity index (χ2v) is 4.98. The van der Waals surface area contributed by atoms with Gasteiger partial charge in [0.2, 0.25) is 0 Å². The summed E-state index contributed by atoms with van der Waals surface area (Å²) in [6, 6.07) is 5.85. The molecule has 0 radical (unpaired) electrons. The van der Waals surface area contributed by atoms with E-state index >= 15 is 0 Å². The molecule has 0 aliphatic carbocycles. The van der Waals surface area contributed by atoms with E-state index in [-0.39, 0.29) is 6.61 Å². The van der Waals surface area contributed by atoms with Crippen molar-refractivity contribution in [3.63, 3.8) is 0 Å². The van der Waals surface area contributed by atoms with Crippen molar-refractivity contribution in [2.24, 2.45) is 5.73 Å². The Morgan fingerprint density at radius 2 is 2.05 bits per heavy atom. The van der Waals surface area contributed by atoms with Gasteiger partial charge in [-0.3, -0.25) is 0 Å². The number of aryl methyl sites for hydroxylation is 1. The molecule has 4 nitrogen and oxygen atoms in total. The molecule has 1 atom stereocenters. The van der Waals surface area contributed by atoms with Crippen LogP contribution in [0.25, 0.3) is 0 Å². The van der Waals surface area contributed by atoms with Crippen molar-refractivity contribution >= 4 is 0 Å². The third-order valence-corrected chi connectivity index (χ3v) is 3.41. The average molecular weight is 267 g/mol. The smallest absolute Gasteiger partial charge is 0.161 e. The second kappa shape index (κ2) is 7.36. The highest BCUT2D eigenvalue weighted by Gasteiger charge is 2.20. The van der Waals surface area contributed by atoms with Crippen LogP contribution in [0.3, 0.4) is 0 Å². The van der Waals surface area contributed by atoms with Gasteiger partial charge in [-0.1, -0.05) is 13.0 Å². The molecule has 3 N–H and O–H groups in total. The van der Waals surface area contributed by atoms with Crippen LogP contribution in [0.4, 0.5) is 0 Å². The molecule has 0 spiro atoms. The Balaban J connectivity index is 2.45. The molecule has 0 saturated carbocycles. The number of aliphatic hydroxyl groups excluding tert-OH is 1. The maximum atomic E-state index is 9.23. The van der Waals surface area contributed by atoms with Gasteiger partial charge in [-0.05, 0) is 43.9 Å². The summed E-state index contributed by atoms with van der Waals surface area (Å²) in [5, 5.41) is 9.23. The lowest BCUT2D eigenvalue weighted by molar-refractivity contribution is 0.171. The predicted octanol–water partition coefficient (Wildman–Crippen LogP) is 2.26. The molecule has 0 aromatic heterocycles. The van der Waals surface area contributed by atoms with Crippen LogP contribution >= 0.6 is 0 Å². The molecule has 0 aliphatic heterocycles. The fourth-order valence-corrected chi connectivity index (χ4v) is 1.87. The van der Waals surface area contributed by atoms with E-state index in [0.717, 1.165) is 36.3 Å². The first-order chi connectivity index (χ1) is 9.04. The number of nitrogens with two attached hydrogens (primary N) is 1. The molecular formula is C15H25NO3. The van der Waals surface area contributed by atoms with Gasteiger partial charge in [0.25, 0.3) is 0 Å². The van der Waals surface area contributed by atoms with E-state index in [1.54, 1.807) is 7.11 Å². The van der Waals surface area contributed by atoms with Crippen molar-refractivity contribution in [3.8, 4) is 11.5 Å². The Bertz CT molecular complexity index is 389. The number of benzene rings is 1. The lowest BCUT2D eigenvalue weighted by atomic mass is 9.93. The van der Waals surface area contributed by atoms with Crippen molar-refractivity contribution in [2.45, 2.75) is 38.6 Å². The summed E-state index contributed by atoms with van der Waals surface area (Å²) in [6.07, 6.45) is 2.31. The second-order valence-electron chi connectivity index (χ2n) is 4.98. The minimum absolute atomic E-state index is 0.0113. The van der Waals surface area contributed by atoms with Crippen molar-refractivity contribution in [1.82, 2.24) is 0 Å². The van der Waals surface area contributed by atoms with Gasteiger partial charge >= 0.3 is 0 Å². The van der Waals surface area contributed by atoms with Gasteiger partial charge in [0, 0.05) is 5.54 Å². The summed E-state index contributed by atoms with van der Waals surface area (Å²) in [4.78, 5) is 0. The molecule has 0 fully saturated rings. The van der Waals surface area contributed by atoms with Crippen LogP contribution in [0.2, 0.25) is 0 Å². The summed E-state index contributed by atoms with van der Waals surface area (Å²) < 4.78 is 11.0. The van der Waals surface area contributed by atoms with Crippen LogP contribution in [0.5, 0.6) is 11.5 Å². The molecule has 1 rings (SSSR count). The Morgan fingerprint density at radius 3 is 2.63 bits per heavy atom. The SMILES string of the molecule is CCC(N)(CO)CCCOc1ccc(C)cc1OC. The van der Waals surface area contributed by atoms with Crippen LogP contribution in [0.1, 0.15) is 31.7 Å². The molecular weight excluding hydrogens is 242 g/mol. The average Bonchev–Trinajstić information content (AvgIpc) is 2.44.